The Kier molecular flexibility index (Phi) is 4.96. The van der Waals surface area contributed by atoms with E-state index in [0.717, 1.165) is 43.4 Å². The zero-order valence-electron chi connectivity index (χ0n) is 11.8. The average molecular weight is 264 g/mol. The minimum absolute atomic E-state index is 0.231. The van der Waals surface area contributed by atoms with Crippen LogP contribution in [0.2, 0.25) is 0 Å². The third-order valence-corrected chi connectivity index (χ3v) is 3.30. The molecular formula is C14H24N4O. The second-order valence-electron chi connectivity index (χ2n) is 5.08. The molecule has 1 saturated carbocycles. The van der Waals surface area contributed by atoms with Crippen LogP contribution in [-0.2, 0) is 0 Å². The lowest BCUT2D eigenvalue weighted by molar-refractivity contribution is 0.164. The van der Waals surface area contributed by atoms with E-state index in [1.807, 2.05) is 13.0 Å². The second kappa shape index (κ2) is 6.70. The van der Waals surface area contributed by atoms with Crippen molar-refractivity contribution in [1.82, 2.24) is 9.97 Å². The van der Waals surface area contributed by atoms with Gasteiger partial charge in [-0.15, -0.1) is 0 Å². The third-order valence-electron chi connectivity index (χ3n) is 3.30. The molecule has 0 radical (unpaired) electrons. The first-order chi connectivity index (χ1) is 9.22. The Labute approximate surface area is 114 Å². The summed E-state index contributed by atoms with van der Waals surface area (Å²) in [4.78, 5) is 9.09. The van der Waals surface area contributed by atoms with Crippen molar-refractivity contribution in [2.75, 3.05) is 23.7 Å². The van der Waals surface area contributed by atoms with Gasteiger partial charge in [0, 0.05) is 25.1 Å². The van der Waals surface area contributed by atoms with E-state index >= 15 is 0 Å². The molecule has 1 aromatic rings. The summed E-state index contributed by atoms with van der Waals surface area (Å²) in [5.74, 6) is 3.23. The SMILES string of the molecule is CCNc1cc(NCCC(O)CC)nc(C2CC2)n1. The smallest absolute Gasteiger partial charge is 0.136 e. The van der Waals surface area contributed by atoms with Crippen LogP contribution in [0, 0.1) is 0 Å². The Hall–Kier alpha value is -1.36. The van der Waals surface area contributed by atoms with Crippen LogP contribution in [0.3, 0.4) is 0 Å². The van der Waals surface area contributed by atoms with E-state index in [-0.39, 0.29) is 6.10 Å². The highest BCUT2D eigenvalue weighted by atomic mass is 16.3. The summed E-state index contributed by atoms with van der Waals surface area (Å²) < 4.78 is 0. The van der Waals surface area contributed by atoms with Gasteiger partial charge in [-0.05, 0) is 32.6 Å². The van der Waals surface area contributed by atoms with Gasteiger partial charge in [0.2, 0.25) is 0 Å². The topological polar surface area (TPSA) is 70.1 Å². The van der Waals surface area contributed by atoms with Crippen LogP contribution in [0.25, 0.3) is 0 Å². The maximum absolute atomic E-state index is 9.54. The van der Waals surface area contributed by atoms with Gasteiger partial charge in [0.1, 0.15) is 17.5 Å². The first-order valence-corrected chi connectivity index (χ1v) is 7.27. The van der Waals surface area contributed by atoms with Crippen LogP contribution in [0.15, 0.2) is 6.07 Å². The highest BCUT2D eigenvalue weighted by Gasteiger charge is 2.27. The number of aliphatic hydroxyl groups is 1. The van der Waals surface area contributed by atoms with Crippen LogP contribution in [0.5, 0.6) is 0 Å². The van der Waals surface area contributed by atoms with Crippen molar-refractivity contribution in [3.05, 3.63) is 11.9 Å². The van der Waals surface area contributed by atoms with Crippen LogP contribution >= 0.6 is 0 Å². The van der Waals surface area contributed by atoms with E-state index in [2.05, 4.69) is 27.5 Å². The second-order valence-corrected chi connectivity index (χ2v) is 5.08. The van der Waals surface area contributed by atoms with E-state index in [9.17, 15) is 5.11 Å². The van der Waals surface area contributed by atoms with E-state index in [4.69, 9.17) is 0 Å². The first kappa shape index (κ1) is 14.1. The first-order valence-electron chi connectivity index (χ1n) is 7.27. The number of aromatic nitrogens is 2. The highest BCUT2D eigenvalue weighted by molar-refractivity contribution is 5.48. The number of nitrogens with one attached hydrogen (secondary N) is 2. The summed E-state index contributed by atoms with van der Waals surface area (Å²) in [5, 5.41) is 16.1. The highest BCUT2D eigenvalue weighted by Crippen LogP contribution is 2.38. The molecule has 5 nitrogen and oxygen atoms in total. The molecule has 106 valence electrons. The van der Waals surface area contributed by atoms with Crippen molar-refractivity contribution >= 4 is 11.6 Å². The predicted molar refractivity (Wildman–Crippen MR) is 77.6 cm³/mol. The molecule has 3 N–H and O–H groups in total. The van der Waals surface area contributed by atoms with E-state index in [1.165, 1.54) is 12.8 Å². The molecule has 0 saturated heterocycles. The lowest BCUT2D eigenvalue weighted by Gasteiger charge is -2.12. The van der Waals surface area contributed by atoms with Crippen LogP contribution < -0.4 is 10.6 Å². The monoisotopic (exact) mass is 264 g/mol. The summed E-state index contributed by atoms with van der Waals surface area (Å²) in [6.45, 7) is 5.64. The zero-order valence-corrected chi connectivity index (χ0v) is 11.8. The van der Waals surface area contributed by atoms with Crippen molar-refractivity contribution < 1.29 is 5.11 Å². The summed E-state index contributed by atoms with van der Waals surface area (Å²) in [6, 6.07) is 1.94. The fraction of sp³-hybridized carbons (Fsp3) is 0.714. The fourth-order valence-electron chi connectivity index (χ4n) is 1.92. The minimum atomic E-state index is -0.231. The molecule has 0 bridgehead atoms. The van der Waals surface area contributed by atoms with Gasteiger partial charge in [-0.1, -0.05) is 6.92 Å². The molecule has 5 heteroatoms. The van der Waals surface area contributed by atoms with Crippen LogP contribution in [-0.4, -0.2) is 34.3 Å². The maximum atomic E-state index is 9.54. The number of hydrogen-bond donors (Lipinski definition) is 3. The van der Waals surface area contributed by atoms with Crippen molar-refractivity contribution in [1.29, 1.82) is 0 Å². The van der Waals surface area contributed by atoms with Gasteiger partial charge >= 0.3 is 0 Å². The molecule has 0 aliphatic heterocycles. The lowest BCUT2D eigenvalue weighted by atomic mass is 10.2. The molecule has 0 amide bonds. The van der Waals surface area contributed by atoms with Gasteiger partial charge < -0.3 is 15.7 Å². The fourth-order valence-corrected chi connectivity index (χ4v) is 1.92. The number of anilines is 2. The molecule has 1 aliphatic carbocycles. The lowest BCUT2D eigenvalue weighted by Crippen LogP contribution is -2.14. The van der Waals surface area contributed by atoms with Gasteiger partial charge in [0.15, 0.2) is 0 Å². The molecule has 1 aromatic heterocycles. The van der Waals surface area contributed by atoms with Gasteiger partial charge in [-0.2, -0.15) is 0 Å². The Balaban J connectivity index is 1.97. The Morgan fingerprint density at radius 2 is 1.95 bits per heavy atom. The van der Waals surface area contributed by atoms with Gasteiger partial charge in [-0.3, -0.25) is 0 Å². The third kappa shape index (κ3) is 4.35. The van der Waals surface area contributed by atoms with E-state index < -0.39 is 0 Å². The molecule has 2 rings (SSSR count). The molecule has 0 aromatic carbocycles. The van der Waals surface area contributed by atoms with Crippen molar-refractivity contribution in [3.63, 3.8) is 0 Å². The van der Waals surface area contributed by atoms with Crippen LogP contribution in [0.4, 0.5) is 11.6 Å². The predicted octanol–water partition coefficient (Wildman–Crippen LogP) is 2.36. The molecular weight excluding hydrogens is 240 g/mol. The minimum Gasteiger partial charge on any atom is -0.393 e. The Bertz CT molecular complexity index is 406. The van der Waals surface area contributed by atoms with Crippen molar-refractivity contribution in [3.8, 4) is 0 Å². The summed E-state index contributed by atoms with van der Waals surface area (Å²) in [7, 11) is 0. The molecule has 0 spiro atoms. The van der Waals surface area contributed by atoms with Crippen molar-refractivity contribution in [2.24, 2.45) is 0 Å². The summed E-state index contributed by atoms with van der Waals surface area (Å²) >= 11 is 0. The molecule has 1 atom stereocenters. The number of aliphatic hydroxyl groups excluding tert-OH is 1. The van der Waals surface area contributed by atoms with E-state index in [1.54, 1.807) is 0 Å². The maximum Gasteiger partial charge on any atom is 0.136 e. The molecule has 1 fully saturated rings. The standard InChI is InChI=1S/C14H24N4O/c1-3-11(19)7-8-16-13-9-12(15-4-2)17-14(18-13)10-5-6-10/h9-11,19H,3-8H2,1-2H3,(H2,15,16,17,18). The molecule has 1 aliphatic rings. The summed E-state index contributed by atoms with van der Waals surface area (Å²) in [6.07, 6.45) is 3.70. The zero-order chi connectivity index (χ0) is 13.7. The molecule has 19 heavy (non-hydrogen) atoms. The number of hydrogen-bond acceptors (Lipinski definition) is 5. The van der Waals surface area contributed by atoms with Crippen LogP contribution in [0.1, 0.15) is 51.3 Å². The normalized spacial score (nSPS) is 16.2. The average Bonchev–Trinajstić information content (AvgIpc) is 3.23. The quantitative estimate of drug-likeness (QED) is 0.672. The van der Waals surface area contributed by atoms with E-state index in [0.29, 0.717) is 5.92 Å². The Morgan fingerprint density at radius 1 is 1.26 bits per heavy atom. The number of nitrogens with zero attached hydrogens (tertiary/aromatic N) is 2. The van der Waals surface area contributed by atoms with Gasteiger partial charge in [0.05, 0.1) is 6.10 Å². The van der Waals surface area contributed by atoms with Gasteiger partial charge in [0.25, 0.3) is 0 Å². The molecule has 1 heterocycles. The Morgan fingerprint density at radius 3 is 2.53 bits per heavy atom. The van der Waals surface area contributed by atoms with Gasteiger partial charge in [-0.25, -0.2) is 9.97 Å². The van der Waals surface area contributed by atoms with Crippen molar-refractivity contribution in [2.45, 2.75) is 51.6 Å². The largest absolute Gasteiger partial charge is 0.393 e. The summed E-state index contributed by atoms with van der Waals surface area (Å²) in [5.41, 5.74) is 0. The molecule has 1 unspecified atom stereocenters. The number of rotatable bonds is 8.